The Morgan fingerprint density at radius 3 is 2.67 bits per heavy atom. The molecule has 2 aromatic rings. The Morgan fingerprint density at radius 1 is 1.22 bits per heavy atom. The Balaban J connectivity index is 2.18. The molecule has 2 N–H and O–H groups in total. The first-order valence-corrected chi connectivity index (χ1v) is 6.37. The molecule has 0 aliphatic heterocycles. The minimum atomic E-state index is -0.0947. The summed E-state index contributed by atoms with van der Waals surface area (Å²) in [6, 6.07) is 10.1. The normalized spacial score (nSPS) is 12.4. The van der Waals surface area contributed by atoms with E-state index in [0.29, 0.717) is 5.02 Å². The van der Waals surface area contributed by atoms with Gasteiger partial charge in [-0.3, -0.25) is 4.98 Å². The first-order valence-electron chi connectivity index (χ1n) is 5.99. The fourth-order valence-electron chi connectivity index (χ4n) is 1.97. The van der Waals surface area contributed by atoms with Crippen LogP contribution in [0.2, 0.25) is 5.02 Å². The average Bonchev–Trinajstić information content (AvgIpc) is 2.34. The van der Waals surface area contributed by atoms with Gasteiger partial charge in [0, 0.05) is 6.20 Å². The smallest absolute Gasteiger partial charge is 0.0589 e. The maximum Gasteiger partial charge on any atom is 0.0589 e. The molecule has 1 unspecified atom stereocenters. The number of hydrogen-bond acceptors (Lipinski definition) is 2. The molecular weight excluding hydrogens is 244 g/mol. The van der Waals surface area contributed by atoms with Crippen LogP contribution in [0.25, 0.3) is 0 Å². The van der Waals surface area contributed by atoms with Crippen LogP contribution >= 0.6 is 11.6 Å². The summed E-state index contributed by atoms with van der Waals surface area (Å²) >= 11 is 5.82. The summed E-state index contributed by atoms with van der Waals surface area (Å²) in [6.45, 7) is 4.20. The molecule has 1 aromatic carbocycles. The number of nitrogens with two attached hydrogens (primary N) is 1. The van der Waals surface area contributed by atoms with Crippen molar-refractivity contribution in [2.45, 2.75) is 26.3 Å². The third kappa shape index (κ3) is 3.09. The van der Waals surface area contributed by atoms with Crippen molar-refractivity contribution in [3.05, 3.63) is 63.9 Å². The van der Waals surface area contributed by atoms with E-state index in [-0.39, 0.29) is 6.04 Å². The lowest BCUT2D eigenvalue weighted by Gasteiger charge is -2.13. The van der Waals surface area contributed by atoms with Crippen molar-refractivity contribution in [1.82, 2.24) is 4.98 Å². The molecule has 18 heavy (non-hydrogen) atoms. The van der Waals surface area contributed by atoms with E-state index in [0.717, 1.165) is 12.1 Å². The SMILES string of the molecule is Cc1ccc(C)c(CC(N)c2ccc(Cl)cn2)c1. The summed E-state index contributed by atoms with van der Waals surface area (Å²) < 4.78 is 0. The maximum absolute atomic E-state index is 6.19. The summed E-state index contributed by atoms with van der Waals surface area (Å²) in [5.74, 6) is 0. The van der Waals surface area contributed by atoms with Crippen LogP contribution in [0.15, 0.2) is 36.5 Å². The van der Waals surface area contributed by atoms with Gasteiger partial charge in [-0.05, 0) is 43.5 Å². The Labute approximate surface area is 113 Å². The van der Waals surface area contributed by atoms with Gasteiger partial charge in [-0.25, -0.2) is 0 Å². The van der Waals surface area contributed by atoms with Crippen LogP contribution < -0.4 is 5.73 Å². The number of benzene rings is 1. The molecule has 0 fully saturated rings. The number of nitrogens with zero attached hydrogens (tertiary/aromatic N) is 1. The molecule has 2 rings (SSSR count). The molecule has 0 saturated carbocycles. The lowest BCUT2D eigenvalue weighted by molar-refractivity contribution is 0.693. The predicted molar refractivity (Wildman–Crippen MR) is 75.8 cm³/mol. The van der Waals surface area contributed by atoms with Crippen LogP contribution in [-0.2, 0) is 6.42 Å². The molecular formula is C15H17ClN2. The van der Waals surface area contributed by atoms with Gasteiger partial charge in [-0.1, -0.05) is 35.4 Å². The summed E-state index contributed by atoms with van der Waals surface area (Å²) in [7, 11) is 0. The van der Waals surface area contributed by atoms with Crippen LogP contribution in [0.1, 0.15) is 28.4 Å². The molecule has 0 aliphatic rings. The zero-order valence-electron chi connectivity index (χ0n) is 10.7. The Hall–Kier alpha value is -1.38. The van der Waals surface area contributed by atoms with Crippen LogP contribution in [0, 0.1) is 13.8 Å². The standard InChI is InChI=1S/C15H17ClN2/c1-10-3-4-11(2)12(7-10)8-14(17)15-6-5-13(16)9-18-15/h3-7,9,14H,8,17H2,1-2H3. The lowest BCUT2D eigenvalue weighted by Crippen LogP contribution is -2.15. The molecule has 2 nitrogen and oxygen atoms in total. The number of rotatable bonds is 3. The van der Waals surface area contributed by atoms with Crippen LogP contribution in [-0.4, -0.2) is 4.98 Å². The van der Waals surface area contributed by atoms with E-state index in [1.54, 1.807) is 6.20 Å². The van der Waals surface area contributed by atoms with Gasteiger partial charge in [-0.15, -0.1) is 0 Å². The highest BCUT2D eigenvalue weighted by Crippen LogP contribution is 2.19. The van der Waals surface area contributed by atoms with Gasteiger partial charge in [-0.2, -0.15) is 0 Å². The molecule has 0 saturated heterocycles. The molecule has 0 aliphatic carbocycles. The monoisotopic (exact) mass is 260 g/mol. The van der Waals surface area contributed by atoms with Crippen LogP contribution in [0.4, 0.5) is 0 Å². The number of aryl methyl sites for hydroxylation is 2. The average molecular weight is 261 g/mol. The van der Waals surface area contributed by atoms with Crippen molar-refractivity contribution in [3.63, 3.8) is 0 Å². The highest BCUT2D eigenvalue weighted by molar-refractivity contribution is 6.30. The number of hydrogen-bond donors (Lipinski definition) is 1. The molecule has 0 bridgehead atoms. The molecule has 1 aromatic heterocycles. The molecule has 1 heterocycles. The zero-order chi connectivity index (χ0) is 13.1. The summed E-state index contributed by atoms with van der Waals surface area (Å²) in [5, 5.41) is 0.637. The Morgan fingerprint density at radius 2 is 2.00 bits per heavy atom. The van der Waals surface area contributed by atoms with Crippen molar-refractivity contribution in [1.29, 1.82) is 0 Å². The van der Waals surface area contributed by atoms with Crippen LogP contribution in [0.5, 0.6) is 0 Å². The van der Waals surface area contributed by atoms with Crippen molar-refractivity contribution in [2.24, 2.45) is 5.73 Å². The van der Waals surface area contributed by atoms with E-state index >= 15 is 0 Å². The maximum atomic E-state index is 6.19. The van der Waals surface area contributed by atoms with Gasteiger partial charge >= 0.3 is 0 Å². The van der Waals surface area contributed by atoms with Gasteiger partial charge < -0.3 is 5.73 Å². The minimum Gasteiger partial charge on any atom is -0.322 e. The second kappa shape index (κ2) is 5.51. The van der Waals surface area contributed by atoms with Gasteiger partial charge in [0.2, 0.25) is 0 Å². The number of pyridine rings is 1. The molecule has 0 spiro atoms. The van der Waals surface area contributed by atoms with Gasteiger partial charge in [0.15, 0.2) is 0 Å². The highest BCUT2D eigenvalue weighted by atomic mass is 35.5. The lowest BCUT2D eigenvalue weighted by atomic mass is 9.98. The van der Waals surface area contributed by atoms with E-state index < -0.39 is 0 Å². The van der Waals surface area contributed by atoms with E-state index in [1.807, 2.05) is 12.1 Å². The molecule has 3 heteroatoms. The fraction of sp³-hybridized carbons (Fsp3) is 0.267. The Kier molecular flexibility index (Phi) is 4.00. The van der Waals surface area contributed by atoms with E-state index in [4.69, 9.17) is 17.3 Å². The van der Waals surface area contributed by atoms with Crippen molar-refractivity contribution in [2.75, 3.05) is 0 Å². The van der Waals surface area contributed by atoms with E-state index in [2.05, 4.69) is 37.0 Å². The second-order valence-corrected chi connectivity index (χ2v) is 5.08. The van der Waals surface area contributed by atoms with Crippen LogP contribution in [0.3, 0.4) is 0 Å². The fourth-order valence-corrected chi connectivity index (χ4v) is 2.08. The van der Waals surface area contributed by atoms with Gasteiger partial charge in [0.05, 0.1) is 16.8 Å². The highest BCUT2D eigenvalue weighted by Gasteiger charge is 2.10. The molecule has 1 atom stereocenters. The van der Waals surface area contributed by atoms with Crippen molar-refractivity contribution < 1.29 is 0 Å². The van der Waals surface area contributed by atoms with Crippen molar-refractivity contribution in [3.8, 4) is 0 Å². The number of halogens is 1. The number of aromatic nitrogens is 1. The summed E-state index contributed by atoms with van der Waals surface area (Å²) in [6.07, 6.45) is 2.43. The quantitative estimate of drug-likeness (QED) is 0.916. The first kappa shape index (κ1) is 13.1. The summed E-state index contributed by atoms with van der Waals surface area (Å²) in [5.41, 5.74) is 10.9. The third-order valence-electron chi connectivity index (χ3n) is 3.07. The zero-order valence-corrected chi connectivity index (χ0v) is 11.4. The molecule has 0 amide bonds. The first-order chi connectivity index (χ1) is 8.56. The minimum absolute atomic E-state index is 0.0947. The van der Waals surface area contributed by atoms with Gasteiger partial charge in [0.1, 0.15) is 0 Å². The third-order valence-corrected chi connectivity index (χ3v) is 3.30. The predicted octanol–water partition coefficient (Wildman–Crippen LogP) is 3.59. The van der Waals surface area contributed by atoms with Crippen molar-refractivity contribution >= 4 is 11.6 Å². The topological polar surface area (TPSA) is 38.9 Å². The molecule has 0 radical (unpaired) electrons. The van der Waals surface area contributed by atoms with Gasteiger partial charge in [0.25, 0.3) is 0 Å². The summed E-state index contributed by atoms with van der Waals surface area (Å²) in [4.78, 5) is 4.27. The largest absolute Gasteiger partial charge is 0.322 e. The molecule has 94 valence electrons. The van der Waals surface area contributed by atoms with E-state index in [1.165, 1.54) is 16.7 Å². The second-order valence-electron chi connectivity index (χ2n) is 4.64. The Bertz CT molecular complexity index is 535. The van der Waals surface area contributed by atoms with E-state index in [9.17, 15) is 0 Å².